The van der Waals surface area contributed by atoms with Crippen molar-refractivity contribution in [3.8, 4) is 11.4 Å². The van der Waals surface area contributed by atoms with Gasteiger partial charge in [0.1, 0.15) is 12.4 Å². The maximum Gasteiger partial charge on any atom is 0.338 e. The Balaban J connectivity index is 1.51. The molecule has 0 bridgehead atoms. The number of fused-ring (bicyclic) bond motifs is 1. The van der Waals surface area contributed by atoms with Gasteiger partial charge in [-0.1, -0.05) is 56.3 Å². The number of rotatable bonds is 9. The van der Waals surface area contributed by atoms with Crippen LogP contribution in [-0.2, 0) is 4.74 Å². The van der Waals surface area contributed by atoms with Crippen LogP contribution in [0.4, 0.5) is 11.5 Å². The number of esters is 1. The van der Waals surface area contributed by atoms with E-state index in [4.69, 9.17) is 14.7 Å². The lowest BCUT2D eigenvalue weighted by Gasteiger charge is -2.17. The van der Waals surface area contributed by atoms with Gasteiger partial charge < -0.3 is 15.0 Å². The number of hydrogen-bond donors (Lipinski definition) is 1. The summed E-state index contributed by atoms with van der Waals surface area (Å²) in [6, 6.07) is 25.1. The Bertz CT molecular complexity index is 1210. The molecule has 0 saturated carbocycles. The molecule has 0 fully saturated rings. The second-order valence-electron chi connectivity index (χ2n) is 7.64. The number of para-hydroxylation sites is 1. The summed E-state index contributed by atoms with van der Waals surface area (Å²) in [5, 5.41) is 4.31. The Morgan fingerprint density at radius 1 is 0.879 bits per heavy atom. The topological polar surface area (TPSA) is 67.3 Å². The number of benzene rings is 3. The van der Waals surface area contributed by atoms with Crippen LogP contribution in [0.3, 0.4) is 0 Å². The van der Waals surface area contributed by atoms with Crippen LogP contribution in [0.25, 0.3) is 22.3 Å². The molecule has 3 aromatic carbocycles. The second kappa shape index (κ2) is 10.7. The van der Waals surface area contributed by atoms with Gasteiger partial charge in [-0.15, -0.1) is 0 Å². The van der Waals surface area contributed by atoms with Gasteiger partial charge in [-0.25, -0.2) is 14.8 Å². The van der Waals surface area contributed by atoms with Crippen molar-refractivity contribution in [1.29, 1.82) is 0 Å². The first kappa shape index (κ1) is 22.4. The van der Waals surface area contributed by atoms with Crippen molar-refractivity contribution in [3.63, 3.8) is 0 Å². The normalized spacial score (nSPS) is 11.0. The van der Waals surface area contributed by atoms with E-state index in [-0.39, 0.29) is 5.97 Å². The number of carbonyl (C=O) groups is 1. The van der Waals surface area contributed by atoms with Crippen LogP contribution in [0, 0.1) is 0 Å². The van der Waals surface area contributed by atoms with E-state index in [2.05, 4.69) is 24.1 Å². The number of hydrogen-bond acceptors (Lipinski definition) is 6. The summed E-state index contributed by atoms with van der Waals surface area (Å²) in [5.41, 5.74) is 3.17. The van der Waals surface area contributed by atoms with Crippen LogP contribution in [0.15, 0.2) is 78.9 Å². The molecule has 33 heavy (non-hydrogen) atoms. The third-order valence-corrected chi connectivity index (χ3v) is 5.55. The average molecular weight is 441 g/mol. The molecule has 168 valence electrons. The number of ether oxygens (including phenoxy) is 1. The summed E-state index contributed by atoms with van der Waals surface area (Å²) >= 11 is 0. The van der Waals surface area contributed by atoms with Gasteiger partial charge in [0.25, 0.3) is 0 Å². The van der Waals surface area contributed by atoms with Crippen LogP contribution >= 0.6 is 0 Å². The predicted molar refractivity (Wildman–Crippen MR) is 133 cm³/mol. The molecule has 0 atom stereocenters. The molecule has 0 radical (unpaired) electrons. The van der Waals surface area contributed by atoms with E-state index in [9.17, 15) is 4.79 Å². The van der Waals surface area contributed by atoms with E-state index in [1.54, 1.807) is 12.1 Å². The summed E-state index contributed by atoms with van der Waals surface area (Å²) in [6.45, 7) is 7.20. The summed E-state index contributed by atoms with van der Waals surface area (Å²) in [6.07, 6.45) is 0. The molecule has 0 amide bonds. The highest BCUT2D eigenvalue weighted by Crippen LogP contribution is 2.27. The maximum atomic E-state index is 12.4. The first-order valence-corrected chi connectivity index (χ1v) is 11.3. The van der Waals surface area contributed by atoms with E-state index in [0.29, 0.717) is 23.8 Å². The standard InChI is InChI=1S/C27H28N4O2/c1-3-31(4-2)18-19-33-27(32)21-14-16-22(17-15-21)28-26-23-12-8-9-13-24(23)29-25(30-26)20-10-6-5-7-11-20/h5-17H,3-4,18-19H2,1-2H3,(H,28,29,30). The van der Waals surface area contributed by atoms with Crippen LogP contribution in [0.2, 0.25) is 0 Å². The van der Waals surface area contributed by atoms with E-state index in [1.165, 1.54) is 0 Å². The Labute approximate surface area is 194 Å². The lowest BCUT2D eigenvalue weighted by atomic mass is 10.1. The molecular formula is C27H28N4O2. The van der Waals surface area contributed by atoms with Gasteiger partial charge in [0, 0.05) is 23.2 Å². The van der Waals surface area contributed by atoms with Gasteiger partial charge in [-0.2, -0.15) is 0 Å². The number of nitrogens with zero attached hydrogens (tertiary/aromatic N) is 3. The molecule has 0 aliphatic heterocycles. The van der Waals surface area contributed by atoms with Crippen molar-refractivity contribution in [2.75, 3.05) is 31.6 Å². The third-order valence-electron chi connectivity index (χ3n) is 5.55. The van der Waals surface area contributed by atoms with Gasteiger partial charge in [0.05, 0.1) is 11.1 Å². The van der Waals surface area contributed by atoms with Gasteiger partial charge in [0.2, 0.25) is 0 Å². The summed E-state index contributed by atoms with van der Waals surface area (Å²) < 4.78 is 5.42. The maximum absolute atomic E-state index is 12.4. The highest BCUT2D eigenvalue weighted by molar-refractivity contribution is 5.93. The smallest absolute Gasteiger partial charge is 0.338 e. The van der Waals surface area contributed by atoms with Gasteiger partial charge in [-0.05, 0) is 49.5 Å². The largest absolute Gasteiger partial charge is 0.461 e. The fraction of sp³-hybridized carbons (Fsp3) is 0.222. The zero-order valence-corrected chi connectivity index (χ0v) is 19.0. The van der Waals surface area contributed by atoms with Crippen molar-refractivity contribution in [1.82, 2.24) is 14.9 Å². The molecular weight excluding hydrogens is 412 g/mol. The lowest BCUT2D eigenvalue weighted by molar-refractivity contribution is 0.0466. The number of aromatic nitrogens is 2. The van der Waals surface area contributed by atoms with E-state index >= 15 is 0 Å². The molecule has 1 heterocycles. The van der Waals surface area contributed by atoms with Crippen molar-refractivity contribution in [3.05, 3.63) is 84.4 Å². The number of likely N-dealkylation sites (N-methyl/N-ethyl adjacent to an activating group) is 1. The fourth-order valence-corrected chi connectivity index (χ4v) is 3.61. The van der Waals surface area contributed by atoms with Gasteiger partial charge in [0.15, 0.2) is 5.82 Å². The van der Waals surface area contributed by atoms with Crippen molar-refractivity contribution >= 4 is 28.4 Å². The average Bonchev–Trinajstić information content (AvgIpc) is 2.87. The molecule has 6 heteroatoms. The molecule has 6 nitrogen and oxygen atoms in total. The van der Waals surface area contributed by atoms with Crippen LogP contribution < -0.4 is 5.32 Å². The molecule has 4 rings (SSSR count). The third kappa shape index (κ3) is 5.54. The zero-order valence-electron chi connectivity index (χ0n) is 19.0. The molecule has 0 saturated heterocycles. The molecule has 1 aromatic heterocycles. The molecule has 0 aliphatic carbocycles. The van der Waals surface area contributed by atoms with Gasteiger partial charge in [-0.3, -0.25) is 0 Å². The minimum Gasteiger partial charge on any atom is -0.461 e. The SMILES string of the molecule is CCN(CC)CCOC(=O)c1ccc(Nc2nc(-c3ccccc3)nc3ccccc23)cc1. The van der Waals surface area contributed by atoms with Crippen LogP contribution in [0.5, 0.6) is 0 Å². The lowest BCUT2D eigenvalue weighted by Crippen LogP contribution is -2.27. The van der Waals surface area contributed by atoms with E-state index in [1.807, 2.05) is 66.7 Å². The van der Waals surface area contributed by atoms with E-state index in [0.717, 1.165) is 41.8 Å². The molecule has 4 aromatic rings. The van der Waals surface area contributed by atoms with Crippen LogP contribution in [-0.4, -0.2) is 47.1 Å². The van der Waals surface area contributed by atoms with Crippen LogP contribution in [0.1, 0.15) is 24.2 Å². The summed E-state index contributed by atoms with van der Waals surface area (Å²) in [5.74, 6) is 1.06. The minimum atomic E-state index is -0.312. The molecule has 1 N–H and O–H groups in total. The predicted octanol–water partition coefficient (Wildman–Crippen LogP) is 5.54. The Morgan fingerprint density at radius 2 is 1.58 bits per heavy atom. The quantitative estimate of drug-likeness (QED) is 0.345. The Morgan fingerprint density at radius 3 is 2.30 bits per heavy atom. The number of carbonyl (C=O) groups excluding carboxylic acids is 1. The summed E-state index contributed by atoms with van der Waals surface area (Å²) in [4.78, 5) is 24.1. The Kier molecular flexibility index (Phi) is 7.27. The highest BCUT2D eigenvalue weighted by Gasteiger charge is 2.11. The van der Waals surface area contributed by atoms with Crippen molar-refractivity contribution < 1.29 is 9.53 Å². The number of nitrogens with one attached hydrogen (secondary N) is 1. The first-order chi connectivity index (χ1) is 16.2. The van der Waals surface area contributed by atoms with E-state index < -0.39 is 0 Å². The number of anilines is 2. The minimum absolute atomic E-state index is 0.312. The van der Waals surface area contributed by atoms with Crippen molar-refractivity contribution in [2.45, 2.75) is 13.8 Å². The first-order valence-electron chi connectivity index (χ1n) is 11.3. The summed E-state index contributed by atoms with van der Waals surface area (Å²) in [7, 11) is 0. The Hall–Kier alpha value is -3.77. The molecule has 0 aliphatic rings. The van der Waals surface area contributed by atoms with Gasteiger partial charge >= 0.3 is 5.97 Å². The molecule has 0 unspecified atom stereocenters. The second-order valence-corrected chi connectivity index (χ2v) is 7.64. The van der Waals surface area contributed by atoms with Crippen molar-refractivity contribution in [2.24, 2.45) is 0 Å². The zero-order chi connectivity index (χ0) is 23.0. The highest BCUT2D eigenvalue weighted by atomic mass is 16.5. The molecule has 0 spiro atoms. The monoisotopic (exact) mass is 440 g/mol. The fourth-order valence-electron chi connectivity index (χ4n) is 3.61.